The number of rotatable bonds is 7. The van der Waals surface area contributed by atoms with E-state index in [1.165, 1.54) is 5.56 Å². The van der Waals surface area contributed by atoms with E-state index in [4.69, 9.17) is 0 Å². The molecule has 1 aliphatic heterocycles. The van der Waals surface area contributed by atoms with Crippen molar-refractivity contribution in [2.24, 2.45) is 0 Å². The minimum atomic E-state index is -3.33. The highest BCUT2D eigenvalue weighted by Crippen LogP contribution is 2.17. The Morgan fingerprint density at radius 3 is 2.24 bits per heavy atom. The van der Waals surface area contributed by atoms with Crippen molar-refractivity contribution in [3.63, 3.8) is 0 Å². The molecule has 7 heteroatoms. The van der Waals surface area contributed by atoms with Gasteiger partial charge in [-0.05, 0) is 29.2 Å². The Labute approximate surface area is 173 Å². The van der Waals surface area contributed by atoms with Crippen LogP contribution in [0.5, 0.6) is 0 Å². The van der Waals surface area contributed by atoms with E-state index in [9.17, 15) is 13.2 Å². The van der Waals surface area contributed by atoms with Crippen LogP contribution in [0.3, 0.4) is 0 Å². The van der Waals surface area contributed by atoms with Crippen LogP contribution in [0.1, 0.15) is 30.9 Å². The molecule has 1 fully saturated rings. The summed E-state index contributed by atoms with van der Waals surface area (Å²) >= 11 is 0. The molecule has 0 radical (unpaired) electrons. The second-order valence-corrected chi connectivity index (χ2v) is 9.86. The van der Waals surface area contributed by atoms with Gasteiger partial charge in [-0.25, -0.2) is 8.42 Å². The Bertz CT molecular complexity index is 904. The summed E-state index contributed by atoms with van der Waals surface area (Å²) in [6.45, 7) is 6.77. The lowest BCUT2D eigenvalue weighted by Crippen LogP contribution is -3.15. The van der Waals surface area contributed by atoms with Gasteiger partial charge in [0.2, 0.25) is 10.0 Å². The monoisotopic (exact) mass is 416 g/mol. The highest BCUT2D eigenvalue weighted by atomic mass is 32.2. The fourth-order valence-corrected chi connectivity index (χ4v) is 5.05. The average molecular weight is 417 g/mol. The summed E-state index contributed by atoms with van der Waals surface area (Å²) in [7, 11) is -3.33. The number of nitrogens with one attached hydrogen (secondary N) is 2. The number of anilines is 1. The summed E-state index contributed by atoms with van der Waals surface area (Å²) < 4.78 is 26.8. The van der Waals surface area contributed by atoms with Crippen molar-refractivity contribution in [2.45, 2.75) is 25.5 Å². The molecular weight excluding hydrogens is 386 g/mol. The summed E-state index contributed by atoms with van der Waals surface area (Å²) in [5.74, 6) is 0.437. The van der Waals surface area contributed by atoms with Crippen molar-refractivity contribution < 1.29 is 18.1 Å². The van der Waals surface area contributed by atoms with Gasteiger partial charge in [0.15, 0.2) is 6.54 Å². The molecule has 3 rings (SSSR count). The third-order valence-corrected chi connectivity index (χ3v) is 7.14. The maximum Gasteiger partial charge on any atom is 0.279 e. The first-order valence-corrected chi connectivity index (χ1v) is 11.7. The largest absolute Gasteiger partial charge is 0.325 e. The first kappa shape index (κ1) is 21.5. The van der Waals surface area contributed by atoms with Gasteiger partial charge in [-0.3, -0.25) is 4.79 Å². The smallest absolute Gasteiger partial charge is 0.279 e. The lowest BCUT2D eigenvalue weighted by Gasteiger charge is -2.31. The number of nitrogens with zero attached hydrogens (tertiary/aromatic N) is 1. The van der Waals surface area contributed by atoms with Gasteiger partial charge < -0.3 is 10.2 Å². The summed E-state index contributed by atoms with van der Waals surface area (Å²) in [6, 6.07) is 17.2. The van der Waals surface area contributed by atoms with Crippen LogP contribution in [0, 0.1) is 0 Å². The molecule has 0 bridgehead atoms. The van der Waals surface area contributed by atoms with E-state index in [1.54, 1.807) is 4.31 Å². The molecule has 29 heavy (non-hydrogen) atoms. The van der Waals surface area contributed by atoms with Crippen molar-refractivity contribution in [3.8, 4) is 0 Å². The summed E-state index contributed by atoms with van der Waals surface area (Å²) in [5, 5.41) is 2.94. The van der Waals surface area contributed by atoms with Gasteiger partial charge in [0.05, 0.1) is 31.9 Å². The Balaban J connectivity index is 1.47. The molecule has 156 valence electrons. The highest BCUT2D eigenvalue weighted by Gasteiger charge is 2.30. The molecule has 2 N–H and O–H groups in total. The molecule has 1 aliphatic rings. The number of benzene rings is 2. The molecule has 1 heterocycles. The topological polar surface area (TPSA) is 70.9 Å². The van der Waals surface area contributed by atoms with Crippen LogP contribution < -0.4 is 10.2 Å². The van der Waals surface area contributed by atoms with Gasteiger partial charge in [0.1, 0.15) is 0 Å². The Morgan fingerprint density at radius 1 is 1.03 bits per heavy atom. The van der Waals surface area contributed by atoms with Crippen LogP contribution in [-0.4, -0.2) is 51.4 Å². The van der Waals surface area contributed by atoms with Gasteiger partial charge in [0, 0.05) is 5.69 Å². The third kappa shape index (κ3) is 6.13. The number of amides is 1. The first-order chi connectivity index (χ1) is 13.8. The molecule has 0 unspecified atom stereocenters. The van der Waals surface area contributed by atoms with Crippen molar-refractivity contribution >= 4 is 21.6 Å². The summed E-state index contributed by atoms with van der Waals surface area (Å²) in [4.78, 5) is 13.5. The van der Waals surface area contributed by atoms with Gasteiger partial charge in [0.25, 0.3) is 5.91 Å². The molecule has 1 amide bonds. The fourth-order valence-electron chi connectivity index (χ4n) is 3.52. The van der Waals surface area contributed by atoms with E-state index in [-0.39, 0.29) is 11.7 Å². The van der Waals surface area contributed by atoms with Crippen molar-refractivity contribution in [3.05, 3.63) is 65.7 Å². The number of piperazine rings is 1. The van der Waals surface area contributed by atoms with E-state index < -0.39 is 10.0 Å². The standard InChI is InChI=1S/C22H29N3O3S/c1-18(2)20-8-10-21(11-9-20)23-22(26)16-24-12-14-25(15-13-24)29(27,28)17-19-6-4-3-5-7-19/h3-11,18H,12-17H2,1-2H3,(H,23,26)/p+1. The van der Waals surface area contributed by atoms with Crippen LogP contribution >= 0.6 is 0 Å². The number of carbonyl (C=O) groups is 1. The molecule has 1 saturated heterocycles. The summed E-state index contributed by atoms with van der Waals surface area (Å²) in [5.41, 5.74) is 2.83. The zero-order chi connectivity index (χ0) is 20.9. The van der Waals surface area contributed by atoms with Crippen molar-refractivity contribution in [1.29, 1.82) is 0 Å². The molecule has 0 aromatic heterocycles. The number of sulfonamides is 1. The summed E-state index contributed by atoms with van der Waals surface area (Å²) in [6.07, 6.45) is 0. The predicted octanol–water partition coefficient (Wildman–Crippen LogP) is 1.48. The normalized spacial score (nSPS) is 16.1. The fraction of sp³-hybridized carbons (Fsp3) is 0.409. The number of hydrogen-bond donors (Lipinski definition) is 2. The molecule has 2 aromatic rings. The van der Waals surface area contributed by atoms with E-state index in [0.717, 1.165) is 16.2 Å². The third-order valence-electron chi connectivity index (χ3n) is 5.29. The van der Waals surface area contributed by atoms with Crippen LogP contribution in [0.15, 0.2) is 54.6 Å². The van der Waals surface area contributed by atoms with Crippen LogP contribution in [0.25, 0.3) is 0 Å². The number of quaternary nitrogens is 1. The second-order valence-electron chi connectivity index (χ2n) is 7.89. The maximum absolute atomic E-state index is 12.6. The zero-order valence-electron chi connectivity index (χ0n) is 17.1. The minimum Gasteiger partial charge on any atom is -0.325 e. The van der Waals surface area contributed by atoms with Gasteiger partial charge >= 0.3 is 0 Å². The Kier molecular flexibility index (Phi) is 7.05. The van der Waals surface area contributed by atoms with Gasteiger partial charge in [-0.15, -0.1) is 0 Å². The van der Waals surface area contributed by atoms with Gasteiger partial charge in [-0.2, -0.15) is 4.31 Å². The second kappa shape index (κ2) is 9.52. The van der Waals surface area contributed by atoms with E-state index >= 15 is 0 Å². The minimum absolute atomic E-state index is 0.0238. The number of carbonyl (C=O) groups excluding carboxylic acids is 1. The molecule has 0 atom stereocenters. The highest BCUT2D eigenvalue weighted by molar-refractivity contribution is 7.88. The lowest BCUT2D eigenvalue weighted by atomic mass is 10.0. The van der Waals surface area contributed by atoms with E-state index in [2.05, 4.69) is 19.2 Å². The molecular formula is C22H30N3O3S+. The van der Waals surface area contributed by atoms with Crippen LogP contribution in [-0.2, 0) is 20.6 Å². The predicted molar refractivity (Wildman–Crippen MR) is 115 cm³/mol. The van der Waals surface area contributed by atoms with E-state index in [0.29, 0.717) is 38.6 Å². The van der Waals surface area contributed by atoms with Crippen molar-refractivity contribution in [1.82, 2.24) is 4.31 Å². The maximum atomic E-state index is 12.6. The van der Waals surface area contributed by atoms with Crippen LogP contribution in [0.2, 0.25) is 0 Å². The Morgan fingerprint density at radius 2 is 1.66 bits per heavy atom. The quantitative estimate of drug-likeness (QED) is 0.718. The molecule has 2 aromatic carbocycles. The average Bonchev–Trinajstić information content (AvgIpc) is 2.69. The molecule has 6 nitrogen and oxygen atoms in total. The molecule has 0 aliphatic carbocycles. The number of hydrogen-bond acceptors (Lipinski definition) is 3. The van der Waals surface area contributed by atoms with Crippen molar-refractivity contribution in [2.75, 3.05) is 38.0 Å². The van der Waals surface area contributed by atoms with E-state index in [1.807, 2.05) is 54.6 Å². The van der Waals surface area contributed by atoms with Crippen LogP contribution in [0.4, 0.5) is 5.69 Å². The Hall–Kier alpha value is -2.22. The molecule has 0 saturated carbocycles. The zero-order valence-corrected chi connectivity index (χ0v) is 17.9. The SMILES string of the molecule is CC(C)c1ccc(NC(=O)C[NH+]2CCN(S(=O)(=O)Cc3ccccc3)CC2)cc1. The first-order valence-electron chi connectivity index (χ1n) is 10.1. The molecule has 0 spiro atoms. The van der Waals surface area contributed by atoms with Gasteiger partial charge in [-0.1, -0.05) is 56.3 Å². The lowest BCUT2D eigenvalue weighted by molar-refractivity contribution is -0.895.